The molecule has 0 saturated carbocycles. The van der Waals surface area contributed by atoms with Crippen LogP contribution < -0.4 is 5.73 Å². The first-order chi connectivity index (χ1) is 12.7. The third kappa shape index (κ3) is 6.21. The molecule has 0 spiro atoms. The summed E-state index contributed by atoms with van der Waals surface area (Å²) in [7, 11) is 1.46. The van der Waals surface area contributed by atoms with Crippen molar-refractivity contribution in [1.29, 1.82) is 0 Å². The highest BCUT2D eigenvalue weighted by atomic mass is 35.5. The fraction of sp³-hybridized carbons (Fsp3) is 0.500. The van der Waals surface area contributed by atoms with Gasteiger partial charge in [0, 0.05) is 29.9 Å². The molecule has 28 heavy (non-hydrogen) atoms. The lowest BCUT2D eigenvalue weighted by Gasteiger charge is -2.33. The van der Waals surface area contributed by atoms with Gasteiger partial charge in [0.25, 0.3) is 0 Å². The first kappa shape index (κ1) is 24.4. The summed E-state index contributed by atoms with van der Waals surface area (Å²) in [5.74, 6) is 0. The normalized spacial score (nSPS) is 15.0. The summed E-state index contributed by atoms with van der Waals surface area (Å²) in [5.41, 5.74) is 9.02. The zero-order valence-corrected chi connectivity index (χ0v) is 18.2. The van der Waals surface area contributed by atoms with Gasteiger partial charge < -0.3 is 5.73 Å². The van der Waals surface area contributed by atoms with Crippen molar-refractivity contribution >= 4 is 23.4 Å². The van der Waals surface area contributed by atoms with Crippen molar-refractivity contribution in [2.24, 2.45) is 16.1 Å². The lowest BCUT2D eigenvalue weighted by molar-refractivity contribution is -0.0921. The molecule has 1 aromatic carbocycles. The van der Waals surface area contributed by atoms with Crippen molar-refractivity contribution in [2.75, 3.05) is 7.05 Å². The molecule has 2 nitrogen and oxygen atoms in total. The summed E-state index contributed by atoms with van der Waals surface area (Å²) in [5, 5.41) is 0.610. The molecular weight excluding hydrogens is 385 g/mol. The minimum absolute atomic E-state index is 0.144. The van der Waals surface area contributed by atoms with Gasteiger partial charge in [-0.2, -0.15) is 13.2 Å². The van der Waals surface area contributed by atoms with Crippen molar-refractivity contribution in [3.8, 4) is 0 Å². The molecule has 1 rings (SSSR count). The Kier molecular flexibility index (Phi) is 8.10. The van der Waals surface area contributed by atoms with E-state index in [0.29, 0.717) is 11.4 Å². The number of aliphatic imine (C=N–C) groups is 1. The Balaban J connectivity index is 3.10. The maximum Gasteiger partial charge on any atom is 0.412 e. The van der Waals surface area contributed by atoms with Crippen molar-refractivity contribution in [2.45, 2.75) is 59.7 Å². The number of alkyl halides is 3. The second kappa shape index (κ2) is 9.27. The average molecular weight is 415 g/mol. The van der Waals surface area contributed by atoms with E-state index in [2.05, 4.69) is 11.6 Å². The van der Waals surface area contributed by atoms with Crippen LogP contribution in [0, 0.1) is 19.3 Å². The number of aryl methyl sites for hydroxylation is 2. The number of hydrogen-bond acceptors (Lipinski definition) is 2. The second-order valence-corrected chi connectivity index (χ2v) is 8.46. The molecule has 0 bridgehead atoms. The van der Waals surface area contributed by atoms with Gasteiger partial charge in [-0.3, -0.25) is 4.99 Å². The third-order valence-electron chi connectivity index (χ3n) is 5.09. The Morgan fingerprint density at radius 1 is 1.29 bits per heavy atom. The number of halogens is 4. The highest BCUT2D eigenvalue weighted by molar-refractivity contribution is 6.32. The predicted octanol–water partition coefficient (Wildman–Crippen LogP) is 6.68. The zero-order valence-electron chi connectivity index (χ0n) is 17.5. The van der Waals surface area contributed by atoms with E-state index in [-0.39, 0.29) is 12.0 Å². The van der Waals surface area contributed by atoms with Crippen LogP contribution in [-0.4, -0.2) is 25.5 Å². The molecule has 0 fully saturated rings. The smallest absolute Gasteiger partial charge is 0.327 e. The number of hydrogen-bond donors (Lipinski definition) is 1. The molecule has 0 aromatic heterocycles. The number of benzene rings is 1. The van der Waals surface area contributed by atoms with E-state index < -0.39 is 23.2 Å². The Morgan fingerprint density at radius 2 is 1.86 bits per heavy atom. The summed E-state index contributed by atoms with van der Waals surface area (Å²) in [6.07, 6.45) is -2.54. The van der Waals surface area contributed by atoms with Crippen LogP contribution in [0.3, 0.4) is 0 Å². The van der Waals surface area contributed by atoms with Gasteiger partial charge in [0.05, 0.1) is 0 Å². The molecule has 0 aliphatic heterocycles. The molecule has 1 atom stereocenters. The Bertz CT molecular complexity index is 766. The monoisotopic (exact) mass is 414 g/mol. The maximum absolute atomic E-state index is 13.2. The van der Waals surface area contributed by atoms with E-state index in [4.69, 9.17) is 17.3 Å². The van der Waals surface area contributed by atoms with Crippen LogP contribution in [0.4, 0.5) is 13.2 Å². The number of rotatable bonds is 7. The molecule has 0 aliphatic rings. The molecule has 0 aliphatic carbocycles. The highest BCUT2D eigenvalue weighted by Crippen LogP contribution is 2.38. The molecule has 1 aromatic rings. The molecule has 0 amide bonds. The molecule has 0 radical (unpaired) electrons. The number of nitrogens with zero attached hydrogens (tertiary/aromatic N) is 1. The van der Waals surface area contributed by atoms with Crippen LogP contribution in [0.25, 0.3) is 5.57 Å². The first-order valence-corrected chi connectivity index (χ1v) is 9.48. The molecule has 0 saturated heterocycles. The summed E-state index contributed by atoms with van der Waals surface area (Å²) in [4.78, 5) is 3.80. The zero-order chi connectivity index (χ0) is 21.9. The van der Waals surface area contributed by atoms with Crippen molar-refractivity contribution in [3.05, 3.63) is 51.6 Å². The lowest BCUT2D eigenvalue weighted by atomic mass is 9.75. The van der Waals surface area contributed by atoms with Crippen molar-refractivity contribution < 1.29 is 13.2 Å². The van der Waals surface area contributed by atoms with Gasteiger partial charge in [0.15, 0.2) is 0 Å². The topological polar surface area (TPSA) is 38.4 Å². The van der Waals surface area contributed by atoms with Gasteiger partial charge in [-0.25, -0.2) is 0 Å². The van der Waals surface area contributed by atoms with E-state index in [9.17, 15) is 13.2 Å². The SMILES string of the molecule is C=C(CC(N)C(C)(C)CC(/C=N\C)=C(/C)C(F)(F)F)c1c(C)cc(C)cc1Cl. The van der Waals surface area contributed by atoms with Gasteiger partial charge >= 0.3 is 6.18 Å². The fourth-order valence-corrected chi connectivity index (χ4v) is 3.70. The second-order valence-electron chi connectivity index (χ2n) is 8.05. The summed E-state index contributed by atoms with van der Waals surface area (Å²) < 4.78 is 39.5. The maximum atomic E-state index is 13.2. The van der Waals surface area contributed by atoms with E-state index in [1.165, 1.54) is 13.3 Å². The van der Waals surface area contributed by atoms with Crippen LogP contribution in [-0.2, 0) is 0 Å². The molecule has 2 N–H and O–H groups in total. The van der Waals surface area contributed by atoms with Gasteiger partial charge in [0.1, 0.15) is 0 Å². The number of nitrogens with two attached hydrogens (primary N) is 1. The van der Waals surface area contributed by atoms with E-state index >= 15 is 0 Å². The first-order valence-electron chi connectivity index (χ1n) is 9.10. The summed E-state index contributed by atoms with van der Waals surface area (Å²) in [6, 6.07) is 3.49. The molecule has 1 unspecified atom stereocenters. The van der Waals surface area contributed by atoms with Gasteiger partial charge in [-0.1, -0.05) is 38.1 Å². The Morgan fingerprint density at radius 3 is 2.32 bits per heavy atom. The minimum atomic E-state index is -4.40. The van der Waals surface area contributed by atoms with Crippen molar-refractivity contribution in [1.82, 2.24) is 0 Å². The van der Waals surface area contributed by atoms with Crippen LogP contribution in [0.15, 0.2) is 34.9 Å². The van der Waals surface area contributed by atoms with Crippen molar-refractivity contribution in [3.63, 3.8) is 0 Å². The standard InChI is InChI=1S/C22H30ClF3N2/c1-13-8-14(2)20(18(23)9-13)15(3)10-19(27)21(5,6)11-17(12-28-7)16(4)22(24,25)26/h8-9,12,19H,3,10-11,27H2,1-2,4-7H3/b17-16+,28-12-. The number of allylic oxidation sites excluding steroid dienone is 2. The minimum Gasteiger partial charge on any atom is -0.327 e. The quantitative estimate of drug-likeness (QED) is 0.496. The van der Waals surface area contributed by atoms with E-state index in [1.54, 1.807) is 0 Å². The molecule has 0 heterocycles. The van der Waals surface area contributed by atoms with Crippen LogP contribution >= 0.6 is 11.6 Å². The predicted molar refractivity (Wildman–Crippen MR) is 114 cm³/mol. The van der Waals surface area contributed by atoms with Crippen LogP contribution in [0.2, 0.25) is 5.02 Å². The lowest BCUT2D eigenvalue weighted by Crippen LogP contribution is -2.38. The Labute approximate surface area is 171 Å². The molecule has 156 valence electrons. The van der Waals surface area contributed by atoms with Gasteiger partial charge in [-0.05, 0) is 72.9 Å². The van der Waals surface area contributed by atoms with Gasteiger partial charge in [-0.15, -0.1) is 0 Å². The largest absolute Gasteiger partial charge is 0.412 e. The van der Waals surface area contributed by atoms with Gasteiger partial charge in [0.2, 0.25) is 0 Å². The molecule has 6 heteroatoms. The summed E-state index contributed by atoms with van der Waals surface area (Å²) >= 11 is 6.39. The fourth-order valence-electron chi connectivity index (χ4n) is 3.24. The van der Waals surface area contributed by atoms with E-state index in [0.717, 1.165) is 29.2 Å². The van der Waals surface area contributed by atoms with E-state index in [1.807, 2.05) is 39.8 Å². The Hall–Kier alpha value is -1.59. The van der Waals surface area contributed by atoms with Crippen LogP contribution in [0.1, 0.15) is 50.3 Å². The highest BCUT2D eigenvalue weighted by Gasteiger charge is 2.35. The molecular formula is C22H30ClF3N2. The third-order valence-corrected chi connectivity index (χ3v) is 5.39. The average Bonchev–Trinajstić information content (AvgIpc) is 2.51. The summed E-state index contributed by atoms with van der Waals surface area (Å²) in [6.45, 7) is 12.9. The van der Waals surface area contributed by atoms with Crippen LogP contribution in [0.5, 0.6) is 0 Å².